The van der Waals surface area contributed by atoms with E-state index in [1.807, 2.05) is 7.11 Å². The van der Waals surface area contributed by atoms with Gasteiger partial charge in [0.25, 0.3) is 0 Å². The fourth-order valence-electron chi connectivity index (χ4n) is 3.72. The molecule has 1 saturated carbocycles. The molecule has 0 aromatic heterocycles. The Kier molecular flexibility index (Phi) is 3.14. The fourth-order valence-corrected chi connectivity index (χ4v) is 3.72. The molecule has 5 atom stereocenters. The minimum absolute atomic E-state index is 0.279. The molecule has 1 aromatic carbocycles. The third-order valence-electron chi connectivity index (χ3n) is 4.77. The molecule has 98 valence electrons. The number of hydrogen-bond donors (Lipinski definition) is 1. The summed E-state index contributed by atoms with van der Waals surface area (Å²) in [7, 11) is 1.81. The molecule has 1 aliphatic heterocycles. The van der Waals surface area contributed by atoms with Gasteiger partial charge in [-0.1, -0.05) is 30.3 Å². The molecule has 1 saturated heterocycles. The lowest BCUT2D eigenvalue weighted by atomic mass is 10.0. The van der Waals surface area contributed by atoms with Crippen molar-refractivity contribution in [3.63, 3.8) is 0 Å². The van der Waals surface area contributed by atoms with Gasteiger partial charge in [0.15, 0.2) is 0 Å². The van der Waals surface area contributed by atoms with Crippen LogP contribution >= 0.6 is 0 Å². The van der Waals surface area contributed by atoms with Crippen molar-refractivity contribution in [2.75, 3.05) is 13.7 Å². The summed E-state index contributed by atoms with van der Waals surface area (Å²) in [6, 6.07) is 11.8. The summed E-state index contributed by atoms with van der Waals surface area (Å²) in [6.07, 6.45) is 1.44. The van der Waals surface area contributed by atoms with Crippen LogP contribution in [0.5, 0.6) is 0 Å². The van der Waals surface area contributed by atoms with Gasteiger partial charge in [-0.3, -0.25) is 4.90 Å². The maximum Gasteiger partial charge on any atom is 0.0745 e. The second-order valence-electron chi connectivity index (χ2n) is 5.62. The normalized spacial score (nSPS) is 37.1. The average molecular weight is 246 g/mol. The van der Waals surface area contributed by atoms with Crippen molar-refractivity contribution in [2.45, 2.75) is 37.6 Å². The molecular weight excluding hydrogens is 224 g/mol. The van der Waals surface area contributed by atoms with Crippen molar-refractivity contribution in [1.82, 2.24) is 4.90 Å². The highest BCUT2D eigenvalue weighted by molar-refractivity contribution is 5.21. The first kappa shape index (κ1) is 12.2. The van der Waals surface area contributed by atoms with Crippen LogP contribution in [0, 0.1) is 5.92 Å². The molecule has 1 aromatic rings. The number of hydrogen-bond acceptors (Lipinski definition) is 3. The Morgan fingerprint density at radius 3 is 2.67 bits per heavy atom. The number of ether oxygens (including phenoxy) is 1. The Morgan fingerprint density at radius 1 is 1.33 bits per heavy atom. The molecule has 1 aliphatic carbocycles. The zero-order valence-corrected chi connectivity index (χ0v) is 11.1. The third kappa shape index (κ3) is 1.78. The summed E-state index contributed by atoms with van der Waals surface area (Å²) < 4.78 is 5.61. The molecule has 0 amide bonds. The van der Waals surface area contributed by atoms with Crippen LogP contribution in [0.15, 0.2) is 30.3 Å². The van der Waals surface area contributed by atoms with E-state index in [-0.39, 0.29) is 6.04 Å². The number of nitrogens with two attached hydrogens (primary N) is 1. The number of nitrogens with zero attached hydrogens (tertiary/aromatic N) is 1. The predicted molar refractivity (Wildman–Crippen MR) is 72.2 cm³/mol. The molecule has 3 rings (SSSR count). The van der Waals surface area contributed by atoms with Crippen molar-refractivity contribution in [2.24, 2.45) is 11.7 Å². The molecule has 2 unspecified atom stereocenters. The summed E-state index contributed by atoms with van der Waals surface area (Å²) in [6.45, 7) is 3.39. The average Bonchev–Trinajstić information content (AvgIpc) is 2.91. The smallest absolute Gasteiger partial charge is 0.0745 e. The second-order valence-corrected chi connectivity index (χ2v) is 5.62. The molecule has 2 N–H and O–H groups in total. The van der Waals surface area contributed by atoms with Crippen LogP contribution < -0.4 is 5.73 Å². The second kappa shape index (κ2) is 4.65. The summed E-state index contributed by atoms with van der Waals surface area (Å²) >= 11 is 0. The lowest BCUT2D eigenvalue weighted by molar-refractivity contribution is 0.00328. The van der Waals surface area contributed by atoms with Crippen molar-refractivity contribution >= 4 is 0 Å². The first-order chi connectivity index (χ1) is 8.72. The molecule has 2 fully saturated rings. The van der Waals surface area contributed by atoms with E-state index in [1.165, 1.54) is 5.56 Å². The van der Waals surface area contributed by atoms with Gasteiger partial charge in [0.1, 0.15) is 0 Å². The van der Waals surface area contributed by atoms with Gasteiger partial charge in [0.2, 0.25) is 0 Å². The summed E-state index contributed by atoms with van der Waals surface area (Å²) in [5.41, 5.74) is 7.70. The quantitative estimate of drug-likeness (QED) is 0.883. The predicted octanol–water partition coefficient (Wildman–Crippen LogP) is 1.79. The Labute approximate surface area is 109 Å². The van der Waals surface area contributed by atoms with Gasteiger partial charge in [-0.25, -0.2) is 0 Å². The number of fused-ring (bicyclic) bond motifs is 2. The van der Waals surface area contributed by atoms with Crippen LogP contribution in [0.4, 0.5) is 0 Å². The molecule has 18 heavy (non-hydrogen) atoms. The highest BCUT2D eigenvalue weighted by Crippen LogP contribution is 2.42. The number of methoxy groups -OCH3 is 1. The highest BCUT2D eigenvalue weighted by Gasteiger charge is 2.52. The van der Waals surface area contributed by atoms with Gasteiger partial charge in [-0.15, -0.1) is 0 Å². The van der Waals surface area contributed by atoms with Crippen molar-refractivity contribution in [3.8, 4) is 0 Å². The maximum atomic E-state index is 6.33. The zero-order chi connectivity index (χ0) is 12.7. The monoisotopic (exact) mass is 246 g/mol. The lowest BCUT2D eigenvalue weighted by Gasteiger charge is -2.37. The minimum atomic E-state index is 0.279. The number of likely N-dealkylation sites (tertiary alicyclic amines) is 1. The molecule has 0 spiro atoms. The largest absolute Gasteiger partial charge is 0.380 e. The molecule has 1 heterocycles. The topological polar surface area (TPSA) is 38.5 Å². The van der Waals surface area contributed by atoms with Gasteiger partial charge >= 0.3 is 0 Å². The van der Waals surface area contributed by atoms with E-state index in [4.69, 9.17) is 10.5 Å². The molecule has 2 bridgehead atoms. The Bertz CT molecular complexity index is 408. The van der Waals surface area contributed by atoms with Crippen LogP contribution in [0.1, 0.15) is 24.9 Å². The standard InChI is InChI=1S/C15H22N2O/c1-10(11-6-4-3-5-7-11)17-9-12-8-13(18-2)15(17)14(12)16/h3-7,10,12-15H,8-9,16H2,1-2H3/t10-,12?,13-,14+,15?/m0/s1. The number of piperidine rings is 1. The van der Waals surface area contributed by atoms with E-state index in [1.54, 1.807) is 0 Å². The molecule has 0 radical (unpaired) electrons. The van der Waals surface area contributed by atoms with Gasteiger partial charge in [0.05, 0.1) is 12.1 Å². The van der Waals surface area contributed by atoms with Gasteiger partial charge in [0, 0.05) is 25.7 Å². The van der Waals surface area contributed by atoms with Gasteiger partial charge in [-0.2, -0.15) is 0 Å². The Balaban J connectivity index is 1.82. The molecule has 2 aliphatic rings. The summed E-state index contributed by atoms with van der Waals surface area (Å²) in [5, 5.41) is 0. The first-order valence-electron chi connectivity index (χ1n) is 6.81. The first-order valence-corrected chi connectivity index (χ1v) is 6.81. The SMILES string of the molecule is CO[C@H]1CC2CN([C@@H](C)c3ccccc3)C1[C@@H]2N. The van der Waals surface area contributed by atoms with E-state index < -0.39 is 0 Å². The molecule has 3 nitrogen and oxygen atoms in total. The maximum absolute atomic E-state index is 6.33. The fraction of sp³-hybridized carbons (Fsp3) is 0.600. The van der Waals surface area contributed by atoms with Crippen molar-refractivity contribution < 1.29 is 4.74 Å². The van der Waals surface area contributed by atoms with Gasteiger partial charge < -0.3 is 10.5 Å². The third-order valence-corrected chi connectivity index (χ3v) is 4.77. The van der Waals surface area contributed by atoms with Crippen LogP contribution in [-0.2, 0) is 4.74 Å². The van der Waals surface area contributed by atoms with Crippen LogP contribution in [0.3, 0.4) is 0 Å². The molecular formula is C15H22N2O. The highest BCUT2D eigenvalue weighted by atomic mass is 16.5. The van der Waals surface area contributed by atoms with Crippen molar-refractivity contribution in [1.29, 1.82) is 0 Å². The summed E-state index contributed by atoms with van der Waals surface area (Å²) in [4.78, 5) is 2.53. The zero-order valence-electron chi connectivity index (χ0n) is 11.1. The van der Waals surface area contributed by atoms with Crippen LogP contribution in [0.25, 0.3) is 0 Å². The molecule has 3 heteroatoms. The number of rotatable bonds is 3. The van der Waals surface area contributed by atoms with Gasteiger partial charge in [-0.05, 0) is 24.8 Å². The summed E-state index contributed by atoms with van der Waals surface area (Å²) in [5.74, 6) is 0.603. The Hall–Kier alpha value is -0.900. The lowest BCUT2D eigenvalue weighted by Crippen LogP contribution is -2.47. The van der Waals surface area contributed by atoms with Crippen LogP contribution in [-0.4, -0.2) is 36.7 Å². The minimum Gasteiger partial charge on any atom is -0.380 e. The van der Waals surface area contributed by atoms with E-state index in [0.717, 1.165) is 13.0 Å². The van der Waals surface area contributed by atoms with E-state index in [2.05, 4.69) is 42.2 Å². The Morgan fingerprint density at radius 2 is 2.06 bits per heavy atom. The van der Waals surface area contributed by atoms with Crippen molar-refractivity contribution in [3.05, 3.63) is 35.9 Å². The number of benzene rings is 1. The van der Waals surface area contributed by atoms with E-state index in [9.17, 15) is 0 Å². The van der Waals surface area contributed by atoms with Crippen LogP contribution in [0.2, 0.25) is 0 Å². The van der Waals surface area contributed by atoms with E-state index >= 15 is 0 Å². The van der Waals surface area contributed by atoms with E-state index in [0.29, 0.717) is 24.1 Å².